The van der Waals surface area contributed by atoms with Gasteiger partial charge in [0, 0.05) is 11.3 Å². The number of benzene rings is 1. The normalized spacial score (nSPS) is 9.55. The molecule has 0 atom stereocenters. The van der Waals surface area contributed by atoms with Crippen LogP contribution in [0.2, 0.25) is 0 Å². The standard InChI is InChI=1S/C7H6FNO2/c8-4-1-2-6(9)5(3-4)7(10)11/h1-3H,9H2,(H,10,11)/p-1. The largest absolute Gasteiger partial charge is 0.545 e. The molecule has 0 aliphatic carbocycles. The Kier molecular flexibility index (Phi) is 1.76. The summed E-state index contributed by atoms with van der Waals surface area (Å²) >= 11 is 0. The van der Waals surface area contributed by atoms with Crippen molar-refractivity contribution < 1.29 is 14.3 Å². The van der Waals surface area contributed by atoms with E-state index in [9.17, 15) is 14.3 Å². The van der Waals surface area contributed by atoms with E-state index in [2.05, 4.69) is 0 Å². The van der Waals surface area contributed by atoms with Crippen LogP contribution in [-0.4, -0.2) is 5.97 Å². The van der Waals surface area contributed by atoms with E-state index >= 15 is 0 Å². The third kappa shape index (κ3) is 1.46. The van der Waals surface area contributed by atoms with Crippen molar-refractivity contribution >= 4 is 11.7 Å². The van der Waals surface area contributed by atoms with E-state index in [4.69, 9.17) is 5.73 Å². The van der Waals surface area contributed by atoms with Crippen LogP contribution in [-0.2, 0) is 0 Å². The molecule has 0 aliphatic rings. The molecule has 1 rings (SSSR count). The molecule has 4 heteroatoms. The van der Waals surface area contributed by atoms with E-state index in [0.717, 1.165) is 12.1 Å². The lowest BCUT2D eigenvalue weighted by molar-refractivity contribution is -0.254. The Hall–Kier alpha value is -1.58. The fraction of sp³-hybridized carbons (Fsp3) is 0. The first kappa shape index (κ1) is 7.53. The van der Waals surface area contributed by atoms with Crippen LogP contribution in [0.15, 0.2) is 18.2 Å². The predicted octanol–water partition coefficient (Wildman–Crippen LogP) is -0.229. The molecule has 0 aromatic heterocycles. The molecular weight excluding hydrogens is 149 g/mol. The molecule has 0 bridgehead atoms. The highest BCUT2D eigenvalue weighted by Crippen LogP contribution is 2.11. The highest BCUT2D eigenvalue weighted by molar-refractivity contribution is 5.91. The number of hydrogen-bond acceptors (Lipinski definition) is 3. The molecule has 2 N–H and O–H groups in total. The molecule has 1 aromatic rings. The zero-order valence-corrected chi connectivity index (χ0v) is 5.50. The maximum absolute atomic E-state index is 12.4. The molecular formula is C7H5FNO2-. The lowest BCUT2D eigenvalue weighted by Gasteiger charge is -2.04. The molecule has 0 heterocycles. The van der Waals surface area contributed by atoms with Gasteiger partial charge >= 0.3 is 0 Å². The third-order valence-electron chi connectivity index (χ3n) is 1.24. The van der Waals surface area contributed by atoms with Gasteiger partial charge in [-0.05, 0) is 18.2 Å². The number of carboxylic acid groups (broad SMARTS) is 1. The highest BCUT2D eigenvalue weighted by atomic mass is 19.1. The molecule has 0 amide bonds. The first-order valence-corrected chi connectivity index (χ1v) is 2.87. The Bertz CT molecular complexity index is 298. The summed E-state index contributed by atoms with van der Waals surface area (Å²) in [6.45, 7) is 0. The van der Waals surface area contributed by atoms with Gasteiger partial charge in [0.15, 0.2) is 0 Å². The van der Waals surface area contributed by atoms with Gasteiger partial charge in [-0.25, -0.2) is 4.39 Å². The van der Waals surface area contributed by atoms with E-state index in [1.54, 1.807) is 0 Å². The predicted molar refractivity (Wildman–Crippen MR) is 35.1 cm³/mol. The van der Waals surface area contributed by atoms with E-state index < -0.39 is 11.8 Å². The van der Waals surface area contributed by atoms with Gasteiger partial charge in [0.2, 0.25) is 0 Å². The Balaban J connectivity index is 3.23. The molecule has 0 saturated carbocycles. The molecule has 3 nitrogen and oxygen atoms in total. The zero-order valence-electron chi connectivity index (χ0n) is 5.50. The van der Waals surface area contributed by atoms with Gasteiger partial charge in [0.05, 0.1) is 5.97 Å². The first-order valence-electron chi connectivity index (χ1n) is 2.87. The molecule has 0 spiro atoms. The maximum atomic E-state index is 12.4. The topological polar surface area (TPSA) is 66.2 Å². The Labute approximate surface area is 62.3 Å². The van der Waals surface area contributed by atoms with Gasteiger partial charge in [0.25, 0.3) is 0 Å². The number of rotatable bonds is 1. The fourth-order valence-electron chi connectivity index (χ4n) is 0.705. The highest BCUT2D eigenvalue weighted by Gasteiger charge is 2.00. The van der Waals surface area contributed by atoms with Crippen LogP contribution in [0.25, 0.3) is 0 Å². The van der Waals surface area contributed by atoms with E-state index in [1.165, 1.54) is 6.07 Å². The quantitative estimate of drug-likeness (QED) is 0.568. The van der Waals surface area contributed by atoms with Crippen LogP contribution < -0.4 is 10.8 Å². The van der Waals surface area contributed by atoms with E-state index in [0.29, 0.717) is 0 Å². The average Bonchev–Trinajstić information content (AvgIpc) is 1.94. The summed E-state index contributed by atoms with van der Waals surface area (Å²) in [5.74, 6) is -2.11. The second-order valence-corrected chi connectivity index (χ2v) is 2.02. The first-order chi connectivity index (χ1) is 5.11. The number of halogens is 1. The van der Waals surface area contributed by atoms with Gasteiger partial charge in [-0.15, -0.1) is 0 Å². The fourth-order valence-corrected chi connectivity index (χ4v) is 0.705. The van der Waals surface area contributed by atoms with Gasteiger partial charge < -0.3 is 15.6 Å². The summed E-state index contributed by atoms with van der Waals surface area (Å²) in [5, 5.41) is 10.2. The van der Waals surface area contributed by atoms with Crippen LogP contribution in [0.4, 0.5) is 10.1 Å². The van der Waals surface area contributed by atoms with Gasteiger partial charge in [0.1, 0.15) is 5.82 Å². The number of carbonyl (C=O) groups is 1. The molecule has 0 fully saturated rings. The molecule has 11 heavy (non-hydrogen) atoms. The number of carboxylic acids is 1. The molecule has 58 valence electrons. The Morgan fingerprint density at radius 1 is 1.55 bits per heavy atom. The molecule has 1 aromatic carbocycles. The molecule has 0 saturated heterocycles. The smallest absolute Gasteiger partial charge is 0.124 e. The van der Waals surface area contributed by atoms with Crippen LogP contribution in [0.1, 0.15) is 10.4 Å². The Morgan fingerprint density at radius 3 is 2.64 bits per heavy atom. The average molecular weight is 154 g/mol. The number of hydrogen-bond donors (Lipinski definition) is 1. The van der Waals surface area contributed by atoms with Crippen molar-refractivity contribution in [2.45, 2.75) is 0 Å². The van der Waals surface area contributed by atoms with Crippen LogP contribution >= 0.6 is 0 Å². The number of nitrogen functional groups attached to an aromatic ring is 1. The number of nitrogens with two attached hydrogens (primary N) is 1. The summed E-state index contributed by atoms with van der Waals surface area (Å²) in [7, 11) is 0. The summed E-state index contributed by atoms with van der Waals surface area (Å²) in [6.07, 6.45) is 0. The van der Waals surface area contributed by atoms with E-state index in [1.807, 2.05) is 0 Å². The monoisotopic (exact) mass is 154 g/mol. The lowest BCUT2D eigenvalue weighted by atomic mass is 10.2. The summed E-state index contributed by atoms with van der Waals surface area (Å²) < 4.78 is 12.4. The van der Waals surface area contributed by atoms with Crippen LogP contribution in [0, 0.1) is 5.82 Å². The lowest BCUT2D eigenvalue weighted by Crippen LogP contribution is -2.23. The Morgan fingerprint density at radius 2 is 2.18 bits per heavy atom. The van der Waals surface area contributed by atoms with Crippen LogP contribution in [0.5, 0.6) is 0 Å². The number of aromatic carboxylic acids is 1. The maximum Gasteiger partial charge on any atom is 0.124 e. The van der Waals surface area contributed by atoms with E-state index in [-0.39, 0.29) is 11.3 Å². The minimum atomic E-state index is -1.47. The number of carbonyl (C=O) groups excluding carboxylic acids is 1. The van der Waals surface area contributed by atoms with Gasteiger partial charge in [-0.1, -0.05) is 0 Å². The molecule has 0 unspecified atom stereocenters. The minimum absolute atomic E-state index is 0.00593. The summed E-state index contributed by atoms with van der Waals surface area (Å²) in [4.78, 5) is 10.2. The van der Waals surface area contributed by atoms with Gasteiger partial charge in [-0.2, -0.15) is 0 Å². The molecule has 0 aliphatic heterocycles. The van der Waals surface area contributed by atoms with Crippen molar-refractivity contribution in [2.75, 3.05) is 5.73 Å². The van der Waals surface area contributed by atoms with Crippen molar-refractivity contribution in [3.05, 3.63) is 29.6 Å². The van der Waals surface area contributed by atoms with Crippen molar-refractivity contribution in [1.29, 1.82) is 0 Å². The second-order valence-electron chi connectivity index (χ2n) is 2.02. The van der Waals surface area contributed by atoms with Crippen molar-refractivity contribution in [2.24, 2.45) is 0 Å². The van der Waals surface area contributed by atoms with Crippen molar-refractivity contribution in [1.82, 2.24) is 0 Å². The summed E-state index contributed by atoms with van der Waals surface area (Å²) in [6, 6.07) is 3.09. The van der Waals surface area contributed by atoms with Crippen LogP contribution in [0.3, 0.4) is 0 Å². The van der Waals surface area contributed by atoms with Gasteiger partial charge in [-0.3, -0.25) is 0 Å². The minimum Gasteiger partial charge on any atom is -0.545 e. The number of anilines is 1. The summed E-state index contributed by atoms with van der Waals surface area (Å²) in [5.41, 5.74) is 4.89. The second kappa shape index (κ2) is 2.57. The van der Waals surface area contributed by atoms with Crippen molar-refractivity contribution in [3.8, 4) is 0 Å². The zero-order chi connectivity index (χ0) is 8.43. The SMILES string of the molecule is Nc1ccc(F)cc1C(=O)[O-]. The van der Waals surface area contributed by atoms with Crippen molar-refractivity contribution in [3.63, 3.8) is 0 Å². The third-order valence-corrected chi connectivity index (χ3v) is 1.24. The molecule has 0 radical (unpaired) electrons.